The zero-order valence-electron chi connectivity index (χ0n) is 7.52. The summed E-state index contributed by atoms with van der Waals surface area (Å²) in [5, 5.41) is 0. The minimum atomic E-state index is -1.34. The van der Waals surface area contributed by atoms with Gasteiger partial charge in [-0.1, -0.05) is 0 Å². The number of rotatable bonds is 5. The fourth-order valence-electron chi connectivity index (χ4n) is 0.598. The van der Waals surface area contributed by atoms with Crippen LogP contribution in [-0.4, -0.2) is 11.8 Å². The van der Waals surface area contributed by atoms with Crippen molar-refractivity contribution >= 4 is 11.8 Å². The van der Waals surface area contributed by atoms with Crippen LogP contribution in [0.1, 0.15) is 33.1 Å². The Morgan fingerprint density at radius 1 is 1.17 bits per heavy atom. The topological polar surface area (TPSA) is 58.2 Å². The van der Waals surface area contributed by atoms with Crippen LogP contribution in [0.3, 0.4) is 0 Å². The normalized spacial score (nSPS) is 8.50. The first-order chi connectivity index (χ1) is 5.70. The average Bonchev–Trinajstić information content (AvgIpc) is 2.04. The number of nitrogens with one attached hydrogen (secondary N) is 2. The third-order valence-electron chi connectivity index (χ3n) is 1.26. The van der Waals surface area contributed by atoms with Crippen molar-refractivity contribution in [2.24, 2.45) is 0 Å². The van der Waals surface area contributed by atoms with Gasteiger partial charge in [0.1, 0.15) is 0 Å². The van der Waals surface area contributed by atoms with E-state index in [9.17, 15) is 9.59 Å². The quantitative estimate of drug-likeness (QED) is 0.736. The van der Waals surface area contributed by atoms with Gasteiger partial charge in [-0.2, -0.15) is 0 Å². The molecule has 0 aliphatic rings. The molecule has 67 valence electrons. The summed E-state index contributed by atoms with van der Waals surface area (Å²) >= 11 is -1.34. The Kier molecular flexibility index (Phi) is 7.71. The van der Waals surface area contributed by atoms with E-state index in [1.807, 2.05) is 6.92 Å². The molecule has 12 heavy (non-hydrogen) atoms. The molecule has 2 amide bonds. The average molecular weight is 247 g/mol. The Labute approximate surface area is 88.9 Å². The van der Waals surface area contributed by atoms with Gasteiger partial charge in [-0.15, -0.1) is 0 Å². The zero-order valence-corrected chi connectivity index (χ0v) is 10.4. The van der Waals surface area contributed by atoms with E-state index >= 15 is 0 Å². The summed E-state index contributed by atoms with van der Waals surface area (Å²) in [6.07, 6.45) is 1.92. The van der Waals surface area contributed by atoms with Gasteiger partial charge in [0.05, 0.1) is 0 Å². The van der Waals surface area contributed by atoms with Crippen LogP contribution in [0.2, 0.25) is 0 Å². The van der Waals surface area contributed by atoms with E-state index in [4.69, 9.17) is 0 Å². The molecule has 0 aromatic carbocycles. The van der Waals surface area contributed by atoms with Crippen LogP contribution in [0, 0.1) is 0 Å². The van der Waals surface area contributed by atoms with Crippen molar-refractivity contribution in [3.63, 3.8) is 0 Å². The standard InChI is InChI=1S/C4H9NO.C3H7NO.Y/c1-2-3-4(5)6;1-2-3(4)5;/h2-3H2,1H3,(H2,5,6);2H2,1H3,(H2,4,5);/q;;+2/p-2. The van der Waals surface area contributed by atoms with Crippen LogP contribution in [0.25, 0.3) is 0 Å². The Bertz CT molecular complexity index is 161. The molecule has 2 N–H and O–H groups in total. The van der Waals surface area contributed by atoms with Crippen LogP contribution in [-0.2, 0) is 39.5 Å². The van der Waals surface area contributed by atoms with Gasteiger partial charge in [0.25, 0.3) is 0 Å². The van der Waals surface area contributed by atoms with Crippen LogP contribution in [0.5, 0.6) is 0 Å². The Morgan fingerprint density at radius 3 is 2.25 bits per heavy atom. The molecule has 0 aromatic rings. The molecule has 0 atom stereocenters. The van der Waals surface area contributed by atoms with Crippen molar-refractivity contribution in [1.29, 1.82) is 0 Å². The molecule has 0 aliphatic carbocycles. The van der Waals surface area contributed by atoms with Gasteiger partial charge in [0, 0.05) is 0 Å². The monoisotopic (exact) mass is 247 g/mol. The molecule has 0 aromatic heterocycles. The van der Waals surface area contributed by atoms with Crippen molar-refractivity contribution in [3.05, 3.63) is 0 Å². The Hall–Kier alpha value is 0.0439. The number of hydrogen-bond donors (Lipinski definition) is 2. The minimum absolute atomic E-state index is 0.0352. The molecule has 0 fully saturated rings. The molecule has 0 bridgehead atoms. The summed E-state index contributed by atoms with van der Waals surface area (Å²) in [5.41, 5.74) is 0. The van der Waals surface area contributed by atoms with E-state index in [0.717, 1.165) is 6.42 Å². The second-order valence-corrected chi connectivity index (χ2v) is 4.51. The van der Waals surface area contributed by atoms with E-state index in [1.165, 1.54) is 0 Å². The first-order valence-electron chi connectivity index (χ1n) is 4.11. The van der Waals surface area contributed by atoms with E-state index < -0.39 is 29.9 Å². The molecule has 0 unspecified atom stereocenters. The predicted octanol–water partition coefficient (Wildman–Crippen LogP) is 0.341. The maximum absolute atomic E-state index is 10.9. The van der Waals surface area contributed by atoms with Crippen molar-refractivity contribution < 1.29 is 39.5 Å². The summed E-state index contributed by atoms with van der Waals surface area (Å²) in [4.78, 5) is 21.6. The Balaban J connectivity index is 3.30. The molecule has 5 heteroatoms. The summed E-state index contributed by atoms with van der Waals surface area (Å²) in [6, 6.07) is 0. The van der Waals surface area contributed by atoms with Crippen molar-refractivity contribution in [2.45, 2.75) is 33.1 Å². The van der Waals surface area contributed by atoms with Crippen molar-refractivity contribution in [2.75, 3.05) is 0 Å². The predicted molar refractivity (Wildman–Crippen MR) is 41.5 cm³/mol. The summed E-state index contributed by atoms with van der Waals surface area (Å²) in [7, 11) is 0. The Morgan fingerprint density at radius 2 is 1.75 bits per heavy atom. The van der Waals surface area contributed by atoms with Gasteiger partial charge in [-0.3, -0.25) is 0 Å². The second-order valence-electron chi connectivity index (χ2n) is 2.38. The molecule has 0 rings (SSSR count). The van der Waals surface area contributed by atoms with Gasteiger partial charge in [0.2, 0.25) is 0 Å². The van der Waals surface area contributed by atoms with E-state index in [1.54, 1.807) is 6.92 Å². The zero-order chi connectivity index (χ0) is 9.40. The van der Waals surface area contributed by atoms with Crippen LogP contribution < -0.4 is 4.90 Å². The molecular weight excluding hydrogens is 233 g/mol. The maximum atomic E-state index is 10.9. The summed E-state index contributed by atoms with van der Waals surface area (Å²) in [6.45, 7) is 3.75. The number of hydrogen-bond acceptors (Lipinski definition) is 2. The van der Waals surface area contributed by atoms with E-state index in [2.05, 4.69) is 4.90 Å². The summed E-state index contributed by atoms with van der Waals surface area (Å²) in [5.74, 6) is 0.100. The van der Waals surface area contributed by atoms with Gasteiger partial charge in [-0.25, -0.2) is 0 Å². The van der Waals surface area contributed by atoms with Crippen LogP contribution in [0.4, 0.5) is 0 Å². The fourth-order valence-corrected chi connectivity index (χ4v) is 2.42. The van der Waals surface area contributed by atoms with Gasteiger partial charge in [0.15, 0.2) is 0 Å². The summed E-state index contributed by atoms with van der Waals surface area (Å²) < 4.78 is 5.51. The molecular formula is C7H14N2O2Y. The SMILES string of the molecule is CCCC(=O)[NH][Y][NH]C(=O)CC. The van der Waals surface area contributed by atoms with Crippen LogP contribution >= 0.6 is 0 Å². The van der Waals surface area contributed by atoms with Crippen LogP contribution in [0.15, 0.2) is 0 Å². The molecule has 0 saturated heterocycles. The van der Waals surface area contributed by atoms with E-state index in [-0.39, 0.29) is 11.8 Å². The van der Waals surface area contributed by atoms with Gasteiger partial charge < -0.3 is 0 Å². The third kappa shape index (κ3) is 6.74. The second kappa shape index (κ2) is 7.68. The molecule has 0 heterocycles. The molecule has 0 radical (unpaired) electrons. The molecule has 0 spiro atoms. The first kappa shape index (κ1) is 12.0. The van der Waals surface area contributed by atoms with E-state index in [0.29, 0.717) is 12.8 Å². The number of carbonyl (C=O) groups excluding carboxylic acids is 2. The molecule has 0 aliphatic heterocycles. The van der Waals surface area contributed by atoms with Gasteiger partial charge >= 0.3 is 89.3 Å². The first-order valence-corrected chi connectivity index (χ1v) is 6.95. The van der Waals surface area contributed by atoms with Crippen molar-refractivity contribution in [1.82, 2.24) is 4.90 Å². The van der Waals surface area contributed by atoms with Crippen molar-refractivity contribution in [3.8, 4) is 0 Å². The molecule has 4 nitrogen and oxygen atoms in total. The third-order valence-corrected chi connectivity index (χ3v) is 3.56. The van der Waals surface area contributed by atoms with Gasteiger partial charge in [-0.05, 0) is 0 Å². The fraction of sp³-hybridized carbons (Fsp3) is 0.714. The number of carbonyl (C=O) groups is 2. The number of amides is 2. The molecule has 0 saturated carbocycles.